The van der Waals surface area contributed by atoms with Crippen LogP contribution in [0.3, 0.4) is 0 Å². The number of ether oxygens (including phenoxy) is 1. The molecule has 0 radical (unpaired) electrons. The molecule has 0 saturated heterocycles. The van der Waals surface area contributed by atoms with Crippen LogP contribution in [0.5, 0.6) is 5.75 Å². The maximum atomic E-state index is 13.7. The average molecular weight is 372 g/mol. The van der Waals surface area contributed by atoms with Crippen molar-refractivity contribution in [3.63, 3.8) is 0 Å². The van der Waals surface area contributed by atoms with Gasteiger partial charge in [-0.2, -0.15) is 0 Å². The summed E-state index contributed by atoms with van der Waals surface area (Å²) in [4.78, 5) is 7.25. The Kier molecular flexibility index (Phi) is 5.90. The SMILES string of the molecule is CN=C(NCCc1c[nH]c2cc(F)ccc12)NCc1ccc(OC)c(F)c1. The first-order chi connectivity index (χ1) is 13.1. The molecule has 27 heavy (non-hydrogen) atoms. The number of guanidine groups is 1. The minimum Gasteiger partial charge on any atom is -0.494 e. The predicted molar refractivity (Wildman–Crippen MR) is 103 cm³/mol. The van der Waals surface area contributed by atoms with Crippen LogP contribution < -0.4 is 15.4 Å². The highest BCUT2D eigenvalue weighted by molar-refractivity contribution is 5.83. The van der Waals surface area contributed by atoms with E-state index in [2.05, 4.69) is 20.6 Å². The number of halogens is 2. The van der Waals surface area contributed by atoms with E-state index in [0.29, 0.717) is 19.0 Å². The number of H-pyrrole nitrogens is 1. The summed E-state index contributed by atoms with van der Waals surface area (Å²) < 4.78 is 31.9. The smallest absolute Gasteiger partial charge is 0.191 e. The molecule has 3 N–H and O–H groups in total. The second-order valence-corrected chi connectivity index (χ2v) is 6.08. The Labute approximate surface area is 156 Å². The fourth-order valence-electron chi connectivity index (χ4n) is 2.91. The number of benzene rings is 2. The third kappa shape index (κ3) is 4.55. The van der Waals surface area contributed by atoms with E-state index < -0.39 is 5.82 Å². The van der Waals surface area contributed by atoms with E-state index >= 15 is 0 Å². The lowest BCUT2D eigenvalue weighted by Gasteiger charge is -2.12. The molecule has 3 rings (SSSR count). The lowest BCUT2D eigenvalue weighted by Crippen LogP contribution is -2.37. The van der Waals surface area contributed by atoms with Gasteiger partial charge in [0, 0.05) is 37.2 Å². The van der Waals surface area contributed by atoms with Crippen LogP contribution in [0.25, 0.3) is 10.9 Å². The van der Waals surface area contributed by atoms with Gasteiger partial charge in [0.25, 0.3) is 0 Å². The number of aromatic amines is 1. The van der Waals surface area contributed by atoms with Gasteiger partial charge in [-0.15, -0.1) is 0 Å². The van der Waals surface area contributed by atoms with Crippen LogP contribution in [-0.4, -0.2) is 31.6 Å². The quantitative estimate of drug-likeness (QED) is 0.459. The molecule has 1 heterocycles. The number of methoxy groups -OCH3 is 1. The number of aromatic nitrogens is 1. The molecule has 0 aliphatic carbocycles. The van der Waals surface area contributed by atoms with Gasteiger partial charge in [0.05, 0.1) is 7.11 Å². The summed E-state index contributed by atoms with van der Waals surface area (Å²) in [6, 6.07) is 9.56. The van der Waals surface area contributed by atoms with E-state index in [9.17, 15) is 8.78 Å². The molecule has 7 heteroatoms. The van der Waals surface area contributed by atoms with Crippen molar-refractivity contribution in [2.45, 2.75) is 13.0 Å². The summed E-state index contributed by atoms with van der Waals surface area (Å²) in [5.74, 6) is 0.195. The molecular weight excluding hydrogens is 350 g/mol. The summed E-state index contributed by atoms with van der Waals surface area (Å²) in [5.41, 5.74) is 2.68. The van der Waals surface area contributed by atoms with Crippen molar-refractivity contribution < 1.29 is 13.5 Å². The Morgan fingerprint density at radius 1 is 1.15 bits per heavy atom. The second-order valence-electron chi connectivity index (χ2n) is 6.08. The van der Waals surface area contributed by atoms with Crippen molar-refractivity contribution in [3.05, 3.63) is 65.4 Å². The van der Waals surface area contributed by atoms with Crippen molar-refractivity contribution in [1.29, 1.82) is 0 Å². The van der Waals surface area contributed by atoms with Crippen molar-refractivity contribution in [1.82, 2.24) is 15.6 Å². The van der Waals surface area contributed by atoms with Crippen molar-refractivity contribution >= 4 is 16.9 Å². The Morgan fingerprint density at radius 2 is 2.00 bits per heavy atom. The number of hydrogen-bond donors (Lipinski definition) is 3. The Bertz CT molecular complexity index is 952. The number of nitrogens with one attached hydrogen (secondary N) is 3. The molecule has 0 atom stereocenters. The minimum absolute atomic E-state index is 0.222. The van der Waals surface area contributed by atoms with Crippen LogP contribution in [0.1, 0.15) is 11.1 Å². The number of aliphatic imine (C=N–C) groups is 1. The van der Waals surface area contributed by atoms with Crippen molar-refractivity contribution in [2.24, 2.45) is 4.99 Å². The van der Waals surface area contributed by atoms with Crippen LogP contribution in [0.15, 0.2) is 47.6 Å². The van der Waals surface area contributed by atoms with Gasteiger partial charge in [-0.05, 0) is 47.9 Å². The highest BCUT2D eigenvalue weighted by Crippen LogP contribution is 2.19. The van der Waals surface area contributed by atoms with E-state index in [1.807, 2.05) is 6.20 Å². The standard InChI is InChI=1S/C20H22F2N4O/c1-23-20(26-11-13-3-6-19(27-2)17(22)9-13)24-8-7-14-12-25-18-10-15(21)4-5-16(14)18/h3-6,9-10,12,25H,7-8,11H2,1-2H3,(H2,23,24,26). The maximum absolute atomic E-state index is 13.7. The van der Waals surface area contributed by atoms with Gasteiger partial charge in [0.2, 0.25) is 0 Å². The molecule has 1 aromatic heterocycles. The van der Waals surface area contributed by atoms with E-state index in [1.165, 1.54) is 25.3 Å². The molecule has 0 aliphatic heterocycles. The van der Waals surface area contributed by atoms with Gasteiger partial charge in [-0.1, -0.05) is 6.07 Å². The largest absolute Gasteiger partial charge is 0.494 e. The third-order valence-electron chi connectivity index (χ3n) is 4.32. The van der Waals surface area contributed by atoms with Gasteiger partial charge in [0.1, 0.15) is 5.82 Å². The molecule has 0 saturated carbocycles. The molecule has 2 aromatic carbocycles. The zero-order chi connectivity index (χ0) is 19.2. The number of nitrogens with zero attached hydrogens (tertiary/aromatic N) is 1. The molecule has 0 fully saturated rings. The highest BCUT2D eigenvalue weighted by Gasteiger charge is 2.06. The summed E-state index contributed by atoms with van der Waals surface area (Å²) in [6.07, 6.45) is 2.64. The Morgan fingerprint density at radius 3 is 2.74 bits per heavy atom. The number of fused-ring (bicyclic) bond motifs is 1. The first kappa shape index (κ1) is 18.7. The van der Waals surface area contributed by atoms with E-state index in [1.54, 1.807) is 25.2 Å². The fourth-order valence-corrected chi connectivity index (χ4v) is 2.91. The van der Waals surface area contributed by atoms with Gasteiger partial charge in [-0.25, -0.2) is 8.78 Å². The first-order valence-corrected chi connectivity index (χ1v) is 8.63. The second kappa shape index (κ2) is 8.53. The summed E-state index contributed by atoms with van der Waals surface area (Å²) in [6.45, 7) is 1.09. The summed E-state index contributed by atoms with van der Waals surface area (Å²) in [7, 11) is 3.12. The molecule has 0 spiro atoms. The highest BCUT2D eigenvalue weighted by atomic mass is 19.1. The topological polar surface area (TPSA) is 61.4 Å². The Hall–Kier alpha value is -3.09. The zero-order valence-electron chi connectivity index (χ0n) is 15.3. The zero-order valence-corrected chi connectivity index (χ0v) is 15.3. The number of hydrogen-bond acceptors (Lipinski definition) is 2. The molecule has 0 aliphatic rings. The predicted octanol–water partition coefficient (Wildman–Crippen LogP) is 3.36. The molecule has 3 aromatic rings. The fraction of sp³-hybridized carbons (Fsp3) is 0.250. The average Bonchev–Trinajstić information content (AvgIpc) is 3.06. The van der Waals surface area contributed by atoms with Gasteiger partial charge in [0.15, 0.2) is 17.5 Å². The normalized spacial score (nSPS) is 11.6. The Balaban J connectivity index is 1.52. The monoisotopic (exact) mass is 372 g/mol. The molecule has 0 unspecified atom stereocenters. The minimum atomic E-state index is -0.393. The van der Waals surface area contributed by atoms with Crippen LogP contribution in [0, 0.1) is 11.6 Å². The van der Waals surface area contributed by atoms with Gasteiger partial charge in [-0.3, -0.25) is 4.99 Å². The van der Waals surface area contributed by atoms with Gasteiger partial charge >= 0.3 is 0 Å². The lowest BCUT2D eigenvalue weighted by atomic mass is 10.1. The van der Waals surface area contributed by atoms with Crippen LogP contribution in [0.2, 0.25) is 0 Å². The van der Waals surface area contributed by atoms with Crippen molar-refractivity contribution in [3.8, 4) is 5.75 Å². The van der Waals surface area contributed by atoms with Crippen LogP contribution in [0.4, 0.5) is 8.78 Å². The van der Waals surface area contributed by atoms with Gasteiger partial charge < -0.3 is 20.4 Å². The lowest BCUT2D eigenvalue weighted by molar-refractivity contribution is 0.386. The molecule has 142 valence electrons. The molecule has 5 nitrogen and oxygen atoms in total. The molecule has 0 amide bonds. The van der Waals surface area contributed by atoms with E-state index in [0.717, 1.165) is 28.5 Å². The first-order valence-electron chi connectivity index (χ1n) is 8.63. The van der Waals surface area contributed by atoms with Crippen LogP contribution >= 0.6 is 0 Å². The maximum Gasteiger partial charge on any atom is 0.191 e. The van der Waals surface area contributed by atoms with E-state index in [-0.39, 0.29) is 11.6 Å². The van der Waals surface area contributed by atoms with Crippen molar-refractivity contribution in [2.75, 3.05) is 20.7 Å². The molecular formula is C20H22F2N4O. The number of rotatable bonds is 6. The third-order valence-corrected chi connectivity index (χ3v) is 4.32. The van der Waals surface area contributed by atoms with E-state index in [4.69, 9.17) is 4.74 Å². The van der Waals surface area contributed by atoms with Crippen LogP contribution in [-0.2, 0) is 13.0 Å². The summed E-state index contributed by atoms with van der Waals surface area (Å²) in [5, 5.41) is 7.38. The summed E-state index contributed by atoms with van der Waals surface area (Å²) >= 11 is 0. The molecule has 0 bridgehead atoms.